The lowest BCUT2D eigenvalue weighted by atomic mass is 9.98. The number of methoxy groups -OCH3 is 1. The molecule has 256 valence electrons. The van der Waals surface area contributed by atoms with Crippen LogP contribution in [0.3, 0.4) is 0 Å². The summed E-state index contributed by atoms with van der Waals surface area (Å²) in [7, 11) is 1.37. The monoisotopic (exact) mass is 685 g/mol. The number of aromatic nitrogens is 3. The van der Waals surface area contributed by atoms with E-state index in [1.807, 2.05) is 0 Å². The number of nitriles is 1. The van der Waals surface area contributed by atoms with Gasteiger partial charge in [0.1, 0.15) is 11.4 Å². The van der Waals surface area contributed by atoms with Crippen molar-refractivity contribution in [3.8, 4) is 28.8 Å². The summed E-state index contributed by atoms with van der Waals surface area (Å²) in [4.78, 5) is 25.2. The maximum Gasteiger partial charge on any atom is 0.416 e. The molecule has 0 fully saturated rings. The summed E-state index contributed by atoms with van der Waals surface area (Å²) in [6, 6.07) is 10.7. The second-order valence-electron chi connectivity index (χ2n) is 10.8. The lowest BCUT2D eigenvalue weighted by molar-refractivity contribution is -0.138. The summed E-state index contributed by atoms with van der Waals surface area (Å²) in [6.45, 7) is 4.90. The van der Waals surface area contributed by atoms with Crippen LogP contribution in [0, 0.1) is 11.3 Å². The van der Waals surface area contributed by atoms with Gasteiger partial charge in [-0.1, -0.05) is 12.6 Å². The minimum absolute atomic E-state index is 0.0116. The first-order chi connectivity index (χ1) is 23.1. The average Bonchev–Trinajstić information content (AvgIpc) is 3.05. The van der Waals surface area contributed by atoms with E-state index < -0.39 is 29.4 Å². The average molecular weight is 686 g/mol. The molecule has 15 heteroatoms. The highest BCUT2D eigenvalue weighted by molar-refractivity contribution is 5.73. The van der Waals surface area contributed by atoms with Crippen LogP contribution in [0.4, 0.5) is 32.3 Å². The summed E-state index contributed by atoms with van der Waals surface area (Å²) < 4.78 is 94.2. The largest absolute Gasteiger partial charge is 0.494 e. The second kappa shape index (κ2) is 15.1. The molecule has 1 N–H and O–H groups in total. The third-order valence-corrected chi connectivity index (χ3v) is 7.09. The minimum Gasteiger partial charge on any atom is -0.494 e. The van der Waals surface area contributed by atoms with Gasteiger partial charge in [-0.25, -0.2) is 15.0 Å². The molecule has 0 unspecified atom stereocenters. The van der Waals surface area contributed by atoms with Crippen molar-refractivity contribution >= 4 is 17.5 Å². The van der Waals surface area contributed by atoms with Crippen LogP contribution in [0.2, 0.25) is 0 Å². The highest BCUT2D eigenvalue weighted by atomic mass is 19.4. The lowest BCUT2D eigenvalue weighted by Gasteiger charge is -2.26. The van der Waals surface area contributed by atoms with E-state index in [2.05, 4.69) is 21.5 Å². The van der Waals surface area contributed by atoms with E-state index in [1.165, 1.54) is 36.5 Å². The quantitative estimate of drug-likeness (QED) is 0.110. The van der Waals surface area contributed by atoms with Gasteiger partial charge >= 0.3 is 18.3 Å². The van der Waals surface area contributed by atoms with Crippen molar-refractivity contribution in [1.29, 1.82) is 5.26 Å². The third-order valence-electron chi connectivity index (χ3n) is 7.09. The molecule has 2 heterocycles. The predicted octanol–water partition coefficient (Wildman–Crippen LogP) is 7.94. The summed E-state index contributed by atoms with van der Waals surface area (Å²) in [5, 5.41) is 18.3. The molecule has 0 saturated carbocycles. The Morgan fingerprint density at radius 3 is 2.27 bits per heavy atom. The van der Waals surface area contributed by atoms with Gasteiger partial charge in [0.25, 0.3) is 0 Å². The number of rotatable bonds is 13. The standard InChI is InChI=1S/C34H29F6N5O4/c1-20(2)28-8-9-29(48-3)31(44-28)27-7-6-24(33(35,36)37)14-23(27)19-45(18-22-11-21(15-41)12-25(13-22)34(38,39)40)32-42-16-26(17-43-32)49-10-4-5-30(46)47/h6-9,11-14,16-17H,1,4-5,10,18-19H2,2-3H3,(H,46,47). The Balaban J connectivity index is 1.85. The summed E-state index contributed by atoms with van der Waals surface area (Å²) >= 11 is 0. The maximum absolute atomic E-state index is 14.0. The Bertz CT molecular complexity index is 1870. The van der Waals surface area contributed by atoms with Crippen molar-refractivity contribution < 1.29 is 45.7 Å². The van der Waals surface area contributed by atoms with Gasteiger partial charge < -0.3 is 19.5 Å². The van der Waals surface area contributed by atoms with Gasteiger partial charge in [0.15, 0.2) is 5.75 Å². The number of alkyl halides is 6. The normalized spacial score (nSPS) is 11.5. The summed E-state index contributed by atoms with van der Waals surface area (Å²) in [5.74, 6) is -0.694. The Morgan fingerprint density at radius 2 is 1.67 bits per heavy atom. The number of ether oxygens (including phenoxy) is 2. The Hall–Kier alpha value is -5.65. The zero-order chi connectivity index (χ0) is 35.9. The minimum atomic E-state index is -4.78. The van der Waals surface area contributed by atoms with Crippen LogP contribution in [0.15, 0.2) is 67.5 Å². The number of carboxylic acid groups (broad SMARTS) is 1. The van der Waals surface area contributed by atoms with Crippen molar-refractivity contribution in [3.63, 3.8) is 0 Å². The molecule has 0 spiro atoms. The number of halogens is 6. The first kappa shape index (κ1) is 36.2. The molecule has 0 aliphatic heterocycles. The zero-order valence-corrected chi connectivity index (χ0v) is 26.2. The number of benzene rings is 2. The van der Waals surface area contributed by atoms with Gasteiger partial charge in [0, 0.05) is 25.1 Å². The van der Waals surface area contributed by atoms with Gasteiger partial charge in [-0.15, -0.1) is 0 Å². The molecule has 9 nitrogen and oxygen atoms in total. The molecular weight excluding hydrogens is 656 g/mol. The molecule has 49 heavy (non-hydrogen) atoms. The molecule has 0 atom stereocenters. The molecule has 0 aliphatic rings. The highest BCUT2D eigenvalue weighted by Crippen LogP contribution is 2.38. The number of allylic oxidation sites excluding steroid dienone is 1. The van der Waals surface area contributed by atoms with Gasteiger partial charge in [0.2, 0.25) is 5.95 Å². The van der Waals surface area contributed by atoms with E-state index in [-0.39, 0.29) is 77.9 Å². The van der Waals surface area contributed by atoms with Crippen LogP contribution in [0.5, 0.6) is 11.5 Å². The molecule has 0 amide bonds. The number of anilines is 1. The Kier molecular flexibility index (Phi) is 11.1. The summed E-state index contributed by atoms with van der Waals surface area (Å²) in [6.07, 6.45) is -6.97. The van der Waals surface area contributed by atoms with E-state index in [0.29, 0.717) is 17.3 Å². The first-order valence-electron chi connectivity index (χ1n) is 14.5. The van der Waals surface area contributed by atoms with Crippen LogP contribution in [-0.4, -0.2) is 39.7 Å². The number of carbonyl (C=O) groups is 1. The van der Waals surface area contributed by atoms with E-state index in [9.17, 15) is 36.4 Å². The van der Waals surface area contributed by atoms with Crippen LogP contribution in [0.25, 0.3) is 16.8 Å². The number of hydrogen-bond donors (Lipinski definition) is 1. The highest BCUT2D eigenvalue weighted by Gasteiger charge is 2.33. The molecule has 0 radical (unpaired) electrons. The van der Waals surface area contributed by atoms with E-state index in [0.717, 1.165) is 18.2 Å². The molecule has 4 rings (SSSR count). The zero-order valence-electron chi connectivity index (χ0n) is 26.2. The SMILES string of the molecule is C=C(C)c1ccc(OC)c(-c2ccc(C(F)(F)F)cc2CN(Cc2cc(C#N)cc(C(F)(F)F)c2)c2ncc(OCCCC(=O)O)cn2)n1. The van der Waals surface area contributed by atoms with E-state index in [4.69, 9.17) is 14.6 Å². The van der Waals surface area contributed by atoms with Crippen molar-refractivity contribution in [2.75, 3.05) is 18.6 Å². The van der Waals surface area contributed by atoms with Crippen LogP contribution < -0.4 is 14.4 Å². The van der Waals surface area contributed by atoms with Crippen LogP contribution in [-0.2, 0) is 30.2 Å². The molecule has 2 aromatic heterocycles. The number of hydrogen-bond acceptors (Lipinski definition) is 8. The maximum atomic E-state index is 14.0. The second-order valence-corrected chi connectivity index (χ2v) is 10.8. The van der Waals surface area contributed by atoms with Crippen molar-refractivity contribution in [1.82, 2.24) is 15.0 Å². The van der Waals surface area contributed by atoms with Gasteiger partial charge in [-0.2, -0.15) is 31.6 Å². The Morgan fingerprint density at radius 1 is 0.980 bits per heavy atom. The fraction of sp³-hybridized carbons (Fsp3) is 0.265. The first-order valence-corrected chi connectivity index (χ1v) is 14.5. The van der Waals surface area contributed by atoms with Crippen molar-refractivity contribution in [2.45, 2.75) is 45.2 Å². The smallest absolute Gasteiger partial charge is 0.416 e. The van der Waals surface area contributed by atoms with Gasteiger partial charge in [-0.05, 0) is 72.5 Å². The van der Waals surface area contributed by atoms with Crippen molar-refractivity contribution in [2.24, 2.45) is 0 Å². The molecule has 4 aromatic rings. The fourth-order valence-corrected chi connectivity index (χ4v) is 4.77. The lowest BCUT2D eigenvalue weighted by Crippen LogP contribution is -2.25. The molecular formula is C34H29F6N5O4. The van der Waals surface area contributed by atoms with Crippen LogP contribution in [0.1, 0.15) is 53.3 Å². The summed E-state index contributed by atoms with van der Waals surface area (Å²) in [5.41, 5.74) is -0.815. The van der Waals surface area contributed by atoms with Gasteiger partial charge in [0.05, 0.1) is 54.6 Å². The number of pyridine rings is 1. The molecule has 2 aromatic carbocycles. The van der Waals surface area contributed by atoms with Gasteiger partial charge in [-0.3, -0.25) is 4.79 Å². The predicted molar refractivity (Wildman–Crippen MR) is 166 cm³/mol. The number of aliphatic carboxylic acids is 1. The number of nitrogens with zero attached hydrogens (tertiary/aromatic N) is 5. The van der Waals surface area contributed by atoms with Crippen LogP contribution >= 0.6 is 0 Å². The van der Waals surface area contributed by atoms with E-state index >= 15 is 0 Å². The van der Waals surface area contributed by atoms with Crippen molar-refractivity contribution in [3.05, 3.63) is 101 Å². The third kappa shape index (κ3) is 9.47. The molecule has 0 aliphatic carbocycles. The topological polar surface area (TPSA) is 121 Å². The molecule has 0 bridgehead atoms. The Labute approximate surface area is 277 Å². The fourth-order valence-electron chi connectivity index (χ4n) is 4.77. The number of carboxylic acids is 1. The molecule has 0 saturated heterocycles. The van der Waals surface area contributed by atoms with E-state index in [1.54, 1.807) is 25.1 Å².